The van der Waals surface area contributed by atoms with E-state index in [0.717, 1.165) is 25.7 Å². The van der Waals surface area contributed by atoms with Gasteiger partial charge in [0.15, 0.2) is 0 Å². The predicted octanol–water partition coefficient (Wildman–Crippen LogP) is 1.08. The van der Waals surface area contributed by atoms with E-state index in [9.17, 15) is 9.59 Å². The molecule has 1 rings (SSSR count). The van der Waals surface area contributed by atoms with Crippen LogP contribution in [0.3, 0.4) is 0 Å². The van der Waals surface area contributed by atoms with Gasteiger partial charge in [0.2, 0.25) is 0 Å². The summed E-state index contributed by atoms with van der Waals surface area (Å²) in [5.41, 5.74) is 2.14. The fourth-order valence-electron chi connectivity index (χ4n) is 1.11. The quantitative estimate of drug-likeness (QED) is 0.403. The minimum Gasteiger partial charge on any atom is -0.335 e. The Morgan fingerprint density at radius 2 is 2.15 bits per heavy atom. The lowest BCUT2D eigenvalue weighted by molar-refractivity contribution is -0.143. The minimum absolute atomic E-state index is 0.135. The molecule has 0 radical (unpaired) electrons. The molecule has 0 aliphatic carbocycles. The average molecular weight is 183 g/mol. The molecule has 4 heteroatoms. The third-order valence-corrected chi connectivity index (χ3v) is 1.86. The van der Waals surface area contributed by atoms with Crippen LogP contribution in [0.25, 0.3) is 0 Å². The SMILES string of the molecule is CCCCCC=C1C(=O)NOC1=O. The maximum Gasteiger partial charge on any atom is 0.368 e. The molecule has 1 amide bonds. The molecule has 1 aliphatic heterocycles. The minimum atomic E-state index is -0.568. The zero-order valence-electron chi connectivity index (χ0n) is 7.63. The molecule has 0 unspecified atom stereocenters. The van der Waals surface area contributed by atoms with Crippen molar-refractivity contribution in [2.24, 2.45) is 0 Å². The molecule has 4 nitrogen and oxygen atoms in total. The summed E-state index contributed by atoms with van der Waals surface area (Å²) in [6.45, 7) is 2.10. The third-order valence-electron chi connectivity index (χ3n) is 1.86. The molecule has 0 aromatic rings. The van der Waals surface area contributed by atoms with E-state index in [0.29, 0.717) is 0 Å². The summed E-state index contributed by atoms with van der Waals surface area (Å²) in [6, 6.07) is 0. The summed E-state index contributed by atoms with van der Waals surface area (Å²) in [5.74, 6) is -0.997. The van der Waals surface area contributed by atoms with Crippen molar-refractivity contribution in [2.75, 3.05) is 0 Å². The van der Waals surface area contributed by atoms with Crippen molar-refractivity contribution in [1.29, 1.82) is 0 Å². The monoisotopic (exact) mass is 183 g/mol. The zero-order chi connectivity index (χ0) is 9.68. The van der Waals surface area contributed by atoms with Crippen LogP contribution in [-0.4, -0.2) is 11.9 Å². The van der Waals surface area contributed by atoms with Crippen LogP contribution >= 0.6 is 0 Å². The zero-order valence-corrected chi connectivity index (χ0v) is 7.63. The summed E-state index contributed by atoms with van der Waals surface area (Å²) in [5, 5.41) is 0. The van der Waals surface area contributed by atoms with Gasteiger partial charge in [-0.3, -0.25) is 4.79 Å². The summed E-state index contributed by atoms with van der Waals surface area (Å²) in [4.78, 5) is 26.1. The summed E-state index contributed by atoms with van der Waals surface area (Å²) in [7, 11) is 0. The van der Waals surface area contributed by atoms with Gasteiger partial charge < -0.3 is 4.84 Å². The number of amides is 1. The molecule has 0 aromatic carbocycles. The van der Waals surface area contributed by atoms with Crippen molar-refractivity contribution >= 4 is 11.9 Å². The summed E-state index contributed by atoms with van der Waals surface area (Å²) >= 11 is 0. The van der Waals surface area contributed by atoms with Crippen LogP contribution in [0.15, 0.2) is 11.6 Å². The van der Waals surface area contributed by atoms with Gasteiger partial charge in [-0.15, -0.1) is 0 Å². The highest BCUT2D eigenvalue weighted by Gasteiger charge is 2.27. The Balaban J connectivity index is 2.40. The van der Waals surface area contributed by atoms with Gasteiger partial charge in [0.05, 0.1) is 0 Å². The van der Waals surface area contributed by atoms with Crippen LogP contribution < -0.4 is 5.48 Å². The number of hydrogen-bond acceptors (Lipinski definition) is 3. The molecule has 0 aromatic heterocycles. The van der Waals surface area contributed by atoms with Gasteiger partial charge in [0, 0.05) is 0 Å². The van der Waals surface area contributed by atoms with Gasteiger partial charge in [0.25, 0.3) is 5.91 Å². The van der Waals surface area contributed by atoms with E-state index >= 15 is 0 Å². The highest BCUT2D eigenvalue weighted by molar-refractivity contribution is 6.19. The van der Waals surface area contributed by atoms with Gasteiger partial charge in [-0.1, -0.05) is 25.8 Å². The molecular weight excluding hydrogens is 170 g/mol. The summed E-state index contributed by atoms with van der Waals surface area (Å²) in [6.07, 6.45) is 5.63. The Kier molecular flexibility index (Phi) is 3.49. The predicted molar refractivity (Wildman–Crippen MR) is 46.5 cm³/mol. The maximum atomic E-state index is 10.9. The smallest absolute Gasteiger partial charge is 0.335 e. The number of unbranched alkanes of at least 4 members (excludes halogenated alkanes) is 3. The standard InChI is InChI=1S/C9H13NO3/c1-2-3-4-5-6-7-8(11)10-13-9(7)12/h6H,2-5H2,1H3,(H,10,11). The first-order valence-corrected chi connectivity index (χ1v) is 4.47. The number of allylic oxidation sites excluding steroid dienone is 1. The van der Waals surface area contributed by atoms with Crippen LogP contribution in [-0.2, 0) is 14.4 Å². The van der Waals surface area contributed by atoms with Crippen LogP contribution in [0.5, 0.6) is 0 Å². The second-order valence-corrected chi connectivity index (χ2v) is 2.93. The van der Waals surface area contributed by atoms with Gasteiger partial charge in [-0.25, -0.2) is 4.79 Å². The van der Waals surface area contributed by atoms with E-state index in [2.05, 4.69) is 11.8 Å². The van der Waals surface area contributed by atoms with E-state index in [1.807, 2.05) is 5.48 Å². The molecule has 0 atom stereocenters. The molecule has 0 bridgehead atoms. The van der Waals surface area contributed by atoms with E-state index in [4.69, 9.17) is 0 Å². The van der Waals surface area contributed by atoms with Crippen molar-refractivity contribution in [3.63, 3.8) is 0 Å². The van der Waals surface area contributed by atoms with Crippen LogP contribution in [0.2, 0.25) is 0 Å². The second kappa shape index (κ2) is 4.64. The van der Waals surface area contributed by atoms with Crippen LogP contribution in [0.4, 0.5) is 0 Å². The molecule has 0 spiro atoms. The summed E-state index contributed by atoms with van der Waals surface area (Å²) < 4.78 is 0. The lowest BCUT2D eigenvalue weighted by atomic mass is 10.1. The molecule has 1 heterocycles. The van der Waals surface area contributed by atoms with Gasteiger partial charge in [-0.05, 0) is 12.8 Å². The Bertz CT molecular complexity index is 227. The highest BCUT2D eigenvalue weighted by Crippen LogP contribution is 2.08. The lowest BCUT2D eigenvalue weighted by Gasteiger charge is -1.91. The van der Waals surface area contributed by atoms with Gasteiger partial charge in [-0.2, -0.15) is 5.48 Å². The van der Waals surface area contributed by atoms with Crippen molar-refractivity contribution in [3.05, 3.63) is 11.6 Å². The fraction of sp³-hybridized carbons (Fsp3) is 0.556. The van der Waals surface area contributed by atoms with Gasteiger partial charge in [0.1, 0.15) is 5.57 Å². The Morgan fingerprint density at radius 1 is 1.38 bits per heavy atom. The molecule has 13 heavy (non-hydrogen) atoms. The van der Waals surface area contributed by atoms with Gasteiger partial charge >= 0.3 is 5.97 Å². The number of carbonyl (C=O) groups excluding carboxylic acids is 2. The fourth-order valence-corrected chi connectivity index (χ4v) is 1.11. The van der Waals surface area contributed by atoms with Crippen molar-refractivity contribution in [3.8, 4) is 0 Å². The first kappa shape index (κ1) is 9.77. The van der Waals surface area contributed by atoms with Crippen LogP contribution in [0.1, 0.15) is 32.6 Å². The first-order valence-electron chi connectivity index (χ1n) is 4.47. The van der Waals surface area contributed by atoms with E-state index in [1.54, 1.807) is 6.08 Å². The van der Waals surface area contributed by atoms with E-state index in [1.165, 1.54) is 0 Å². The van der Waals surface area contributed by atoms with E-state index < -0.39 is 11.9 Å². The van der Waals surface area contributed by atoms with Crippen LogP contribution in [0, 0.1) is 0 Å². The molecule has 1 saturated heterocycles. The molecule has 72 valence electrons. The Labute approximate surface area is 76.9 Å². The third kappa shape index (κ3) is 2.57. The largest absolute Gasteiger partial charge is 0.368 e. The maximum absolute atomic E-state index is 10.9. The normalized spacial score (nSPS) is 19.0. The Hall–Kier alpha value is -1.32. The Morgan fingerprint density at radius 3 is 2.69 bits per heavy atom. The molecule has 1 aliphatic rings. The number of carbonyl (C=O) groups is 2. The number of rotatable bonds is 4. The lowest BCUT2D eigenvalue weighted by Crippen LogP contribution is -2.12. The first-order chi connectivity index (χ1) is 6.25. The molecular formula is C9H13NO3. The van der Waals surface area contributed by atoms with E-state index in [-0.39, 0.29) is 5.57 Å². The van der Waals surface area contributed by atoms with Crippen molar-refractivity contribution < 1.29 is 14.4 Å². The number of nitrogens with one attached hydrogen (secondary N) is 1. The molecule has 1 fully saturated rings. The second-order valence-electron chi connectivity index (χ2n) is 2.93. The number of hydrogen-bond donors (Lipinski definition) is 1. The topological polar surface area (TPSA) is 55.4 Å². The highest BCUT2D eigenvalue weighted by atomic mass is 16.7. The molecule has 1 N–H and O–H groups in total. The average Bonchev–Trinajstić information content (AvgIpc) is 2.42. The number of hydroxylamine groups is 1. The molecule has 0 saturated carbocycles. The van der Waals surface area contributed by atoms with Crippen molar-refractivity contribution in [2.45, 2.75) is 32.6 Å². The van der Waals surface area contributed by atoms with Crippen molar-refractivity contribution in [1.82, 2.24) is 5.48 Å².